The minimum absolute atomic E-state index is 0.00943. The summed E-state index contributed by atoms with van der Waals surface area (Å²) < 4.78 is 5.34. The van der Waals surface area contributed by atoms with Crippen molar-refractivity contribution >= 4 is 34.7 Å². The Morgan fingerprint density at radius 1 is 1.29 bits per heavy atom. The summed E-state index contributed by atoms with van der Waals surface area (Å²) in [4.78, 5) is 16.6. The third-order valence-electron chi connectivity index (χ3n) is 3.65. The second-order valence-corrected chi connectivity index (χ2v) is 7.25. The van der Waals surface area contributed by atoms with E-state index < -0.39 is 0 Å². The lowest BCUT2D eigenvalue weighted by atomic mass is 10.1. The van der Waals surface area contributed by atoms with Crippen LogP contribution in [0.2, 0.25) is 0 Å². The number of nitrogens with zero attached hydrogens (tertiary/aromatic N) is 1. The summed E-state index contributed by atoms with van der Waals surface area (Å²) in [6, 6.07) is 9.67. The molecule has 0 spiro atoms. The molecular formula is C18H18N2O2S2. The van der Waals surface area contributed by atoms with Gasteiger partial charge in [0.15, 0.2) is 10.8 Å². The van der Waals surface area contributed by atoms with Gasteiger partial charge in [0.25, 0.3) is 0 Å². The van der Waals surface area contributed by atoms with Crippen molar-refractivity contribution in [1.29, 1.82) is 0 Å². The number of furan rings is 1. The van der Waals surface area contributed by atoms with Gasteiger partial charge in [-0.15, -0.1) is 23.1 Å². The number of rotatable bonds is 6. The van der Waals surface area contributed by atoms with E-state index in [1.54, 1.807) is 29.4 Å². The van der Waals surface area contributed by atoms with Crippen LogP contribution in [0.15, 0.2) is 46.4 Å². The van der Waals surface area contributed by atoms with Crippen molar-refractivity contribution < 1.29 is 9.21 Å². The molecule has 24 heavy (non-hydrogen) atoms. The lowest BCUT2D eigenvalue weighted by Crippen LogP contribution is -2.15. The first-order chi connectivity index (χ1) is 11.6. The van der Waals surface area contributed by atoms with Gasteiger partial charge in [0.2, 0.25) is 5.91 Å². The fraction of sp³-hybridized carbons (Fsp3) is 0.222. The molecule has 0 fully saturated rings. The highest BCUT2D eigenvalue weighted by atomic mass is 32.2. The fourth-order valence-corrected chi connectivity index (χ4v) is 3.82. The molecule has 0 saturated carbocycles. The lowest BCUT2D eigenvalue weighted by molar-refractivity contribution is -0.113. The summed E-state index contributed by atoms with van der Waals surface area (Å²) in [6.07, 6.45) is 1.64. The zero-order valence-corrected chi connectivity index (χ0v) is 15.2. The minimum atomic E-state index is 0.00943. The maximum absolute atomic E-state index is 12.1. The molecule has 1 N–H and O–H groups in total. The molecule has 0 unspecified atom stereocenters. The van der Waals surface area contributed by atoms with Crippen LogP contribution in [0.25, 0.3) is 10.8 Å². The third kappa shape index (κ3) is 4.07. The number of amides is 1. The van der Waals surface area contributed by atoms with E-state index in [1.807, 2.05) is 49.6 Å². The van der Waals surface area contributed by atoms with Gasteiger partial charge in [-0.1, -0.05) is 12.1 Å². The predicted molar refractivity (Wildman–Crippen MR) is 101 cm³/mol. The molecule has 0 saturated heterocycles. The van der Waals surface area contributed by atoms with Crippen molar-refractivity contribution in [2.75, 3.05) is 11.1 Å². The number of aromatic nitrogens is 1. The first-order valence-corrected chi connectivity index (χ1v) is 9.59. The van der Waals surface area contributed by atoms with Gasteiger partial charge in [0, 0.05) is 16.8 Å². The Morgan fingerprint density at radius 3 is 2.96 bits per heavy atom. The molecule has 124 valence electrons. The summed E-state index contributed by atoms with van der Waals surface area (Å²) in [5.74, 6) is 1.90. The molecule has 4 nitrogen and oxygen atoms in total. The van der Waals surface area contributed by atoms with Crippen LogP contribution >= 0.6 is 23.1 Å². The molecule has 0 radical (unpaired) electrons. The van der Waals surface area contributed by atoms with Gasteiger partial charge in [-0.05, 0) is 43.2 Å². The molecule has 1 aromatic carbocycles. The Kier molecular flexibility index (Phi) is 5.37. The number of carbonyl (C=O) groups is 1. The summed E-state index contributed by atoms with van der Waals surface area (Å²) >= 11 is 3.11. The van der Waals surface area contributed by atoms with Gasteiger partial charge >= 0.3 is 0 Å². The summed E-state index contributed by atoms with van der Waals surface area (Å²) in [5, 5.41) is 5.85. The Labute approximate surface area is 149 Å². The van der Waals surface area contributed by atoms with Gasteiger partial charge < -0.3 is 9.73 Å². The van der Waals surface area contributed by atoms with E-state index in [1.165, 1.54) is 5.56 Å². The average molecular weight is 358 g/mol. The number of thiazole rings is 1. The largest absolute Gasteiger partial charge is 0.462 e. The Hall–Kier alpha value is -2.05. The molecule has 0 bridgehead atoms. The number of hydrogen-bond acceptors (Lipinski definition) is 5. The molecular weight excluding hydrogens is 340 g/mol. The molecule has 3 aromatic rings. The second-order valence-electron chi connectivity index (χ2n) is 5.41. The number of hydrogen-bond donors (Lipinski definition) is 1. The zero-order valence-electron chi connectivity index (χ0n) is 13.5. The van der Waals surface area contributed by atoms with Crippen LogP contribution in [-0.4, -0.2) is 16.6 Å². The van der Waals surface area contributed by atoms with Crippen LogP contribution in [0.4, 0.5) is 5.69 Å². The summed E-state index contributed by atoms with van der Waals surface area (Å²) in [5.41, 5.74) is 4.14. The van der Waals surface area contributed by atoms with E-state index in [0.29, 0.717) is 11.5 Å². The van der Waals surface area contributed by atoms with Crippen molar-refractivity contribution in [3.8, 4) is 10.8 Å². The van der Waals surface area contributed by atoms with E-state index in [-0.39, 0.29) is 5.91 Å². The maximum atomic E-state index is 12.1. The summed E-state index contributed by atoms with van der Waals surface area (Å²) in [7, 11) is 0. The van der Waals surface area contributed by atoms with Crippen LogP contribution < -0.4 is 5.32 Å². The number of anilines is 1. The maximum Gasteiger partial charge on any atom is 0.234 e. The van der Waals surface area contributed by atoms with E-state index in [2.05, 4.69) is 10.3 Å². The molecule has 0 aliphatic heterocycles. The summed E-state index contributed by atoms with van der Waals surface area (Å²) in [6.45, 7) is 4.06. The Balaban J connectivity index is 1.49. The monoisotopic (exact) mass is 358 g/mol. The molecule has 3 rings (SSSR count). The van der Waals surface area contributed by atoms with Crippen molar-refractivity contribution in [2.45, 2.75) is 19.6 Å². The number of benzene rings is 1. The van der Waals surface area contributed by atoms with Gasteiger partial charge in [-0.2, -0.15) is 0 Å². The number of carbonyl (C=O) groups excluding carboxylic acids is 1. The van der Waals surface area contributed by atoms with Gasteiger partial charge in [-0.25, -0.2) is 4.98 Å². The second kappa shape index (κ2) is 7.68. The van der Waals surface area contributed by atoms with Crippen LogP contribution in [-0.2, 0) is 10.5 Å². The van der Waals surface area contributed by atoms with Crippen molar-refractivity contribution in [3.63, 3.8) is 0 Å². The van der Waals surface area contributed by atoms with E-state index >= 15 is 0 Å². The van der Waals surface area contributed by atoms with Crippen LogP contribution in [0.5, 0.6) is 0 Å². The topological polar surface area (TPSA) is 55.1 Å². The number of aryl methyl sites for hydroxylation is 1. The number of thioether (sulfide) groups is 1. The molecule has 6 heteroatoms. The first kappa shape index (κ1) is 16.8. The fourth-order valence-electron chi connectivity index (χ4n) is 2.21. The van der Waals surface area contributed by atoms with Gasteiger partial charge in [0.05, 0.1) is 17.7 Å². The minimum Gasteiger partial charge on any atom is -0.462 e. The highest BCUT2D eigenvalue weighted by molar-refractivity contribution is 7.99. The SMILES string of the molecule is Cc1cccc(NC(=O)CSCc2csc(-c3ccco3)n2)c1C. The van der Waals surface area contributed by atoms with Crippen LogP contribution in [0.1, 0.15) is 16.8 Å². The van der Waals surface area contributed by atoms with Gasteiger partial charge in [0.1, 0.15) is 0 Å². The molecule has 0 atom stereocenters. The quantitative estimate of drug-likeness (QED) is 0.681. The molecule has 0 aliphatic carbocycles. The number of nitrogens with one attached hydrogen (secondary N) is 1. The van der Waals surface area contributed by atoms with Crippen molar-refractivity contribution in [1.82, 2.24) is 4.98 Å². The predicted octanol–water partition coefficient (Wildman–Crippen LogP) is 4.89. The van der Waals surface area contributed by atoms with Crippen LogP contribution in [0.3, 0.4) is 0 Å². The average Bonchev–Trinajstić information content (AvgIpc) is 3.23. The lowest BCUT2D eigenvalue weighted by Gasteiger charge is -2.09. The first-order valence-electron chi connectivity index (χ1n) is 7.55. The Bertz CT molecular complexity index is 825. The zero-order chi connectivity index (χ0) is 16.9. The molecule has 0 aliphatic rings. The standard InChI is InChI=1S/C18H18N2O2S2/c1-12-5-3-6-15(13(12)2)20-17(21)11-23-9-14-10-24-18(19-14)16-7-4-8-22-16/h3-8,10H,9,11H2,1-2H3,(H,20,21). The van der Waals surface area contributed by atoms with E-state index in [9.17, 15) is 4.79 Å². The highest BCUT2D eigenvalue weighted by Crippen LogP contribution is 2.25. The highest BCUT2D eigenvalue weighted by Gasteiger charge is 2.09. The van der Waals surface area contributed by atoms with Crippen molar-refractivity contribution in [2.24, 2.45) is 0 Å². The van der Waals surface area contributed by atoms with Crippen LogP contribution in [0, 0.1) is 13.8 Å². The molecule has 1 amide bonds. The third-order valence-corrected chi connectivity index (χ3v) is 5.52. The van der Waals surface area contributed by atoms with Crippen molar-refractivity contribution in [3.05, 3.63) is 58.8 Å². The van der Waals surface area contributed by atoms with Gasteiger partial charge in [-0.3, -0.25) is 4.79 Å². The normalized spacial score (nSPS) is 10.8. The molecule has 2 aromatic heterocycles. The molecule has 2 heterocycles. The Morgan fingerprint density at radius 2 is 2.17 bits per heavy atom. The van der Waals surface area contributed by atoms with E-state index in [4.69, 9.17) is 4.42 Å². The smallest absolute Gasteiger partial charge is 0.234 e. The van der Waals surface area contributed by atoms with E-state index in [0.717, 1.165) is 27.7 Å².